The van der Waals surface area contributed by atoms with Gasteiger partial charge in [0.2, 0.25) is 0 Å². The van der Waals surface area contributed by atoms with Crippen LogP contribution in [0.3, 0.4) is 0 Å². The lowest BCUT2D eigenvalue weighted by Crippen LogP contribution is -2.49. The second-order valence-electron chi connectivity index (χ2n) is 6.21. The topological polar surface area (TPSA) is 94.1 Å². The van der Waals surface area contributed by atoms with Gasteiger partial charge in [0.15, 0.2) is 0 Å². The molecule has 8 nitrogen and oxygen atoms in total. The van der Waals surface area contributed by atoms with Gasteiger partial charge in [-0.1, -0.05) is 0 Å². The first kappa shape index (κ1) is 16.8. The lowest BCUT2D eigenvalue weighted by molar-refractivity contribution is -0.384. The van der Waals surface area contributed by atoms with Gasteiger partial charge in [0.05, 0.1) is 30.9 Å². The molecule has 0 amide bonds. The maximum atomic E-state index is 11.4. The summed E-state index contributed by atoms with van der Waals surface area (Å²) >= 11 is 0. The summed E-state index contributed by atoms with van der Waals surface area (Å²) < 4.78 is 10.6. The van der Waals surface area contributed by atoms with Gasteiger partial charge >= 0.3 is 0 Å². The van der Waals surface area contributed by atoms with Crippen LogP contribution in [0.15, 0.2) is 12.1 Å². The molecule has 0 aromatic heterocycles. The minimum absolute atomic E-state index is 0.0399. The molecule has 2 aliphatic heterocycles. The van der Waals surface area contributed by atoms with Crippen LogP contribution in [0.25, 0.3) is 0 Å². The van der Waals surface area contributed by atoms with Gasteiger partial charge < -0.3 is 20.1 Å². The summed E-state index contributed by atoms with van der Waals surface area (Å²) in [5.41, 5.74) is 6.74. The molecule has 0 unspecified atom stereocenters. The minimum atomic E-state index is -0.376. The summed E-state index contributed by atoms with van der Waals surface area (Å²) in [6.45, 7) is 5.11. The lowest BCUT2D eigenvalue weighted by Gasteiger charge is -2.40. The van der Waals surface area contributed by atoms with E-state index >= 15 is 0 Å². The Morgan fingerprint density at radius 1 is 1.25 bits per heavy atom. The molecule has 0 atom stereocenters. The van der Waals surface area contributed by atoms with E-state index in [0.29, 0.717) is 17.5 Å². The molecule has 0 bridgehead atoms. The van der Waals surface area contributed by atoms with Gasteiger partial charge in [-0.3, -0.25) is 15.0 Å². The number of nitrogens with two attached hydrogens (primary N) is 1. The smallest absolute Gasteiger partial charge is 0.294 e. The number of nitro benzene ring substituents is 1. The Bertz CT molecular complexity index is 596. The lowest BCUT2D eigenvalue weighted by atomic mass is 10.0. The highest BCUT2D eigenvalue weighted by Gasteiger charge is 2.29. The fourth-order valence-electron chi connectivity index (χ4n) is 3.56. The van der Waals surface area contributed by atoms with Crippen molar-refractivity contribution in [2.24, 2.45) is 0 Å². The molecule has 1 aromatic carbocycles. The molecular formula is C16H24N4O4. The van der Waals surface area contributed by atoms with E-state index in [2.05, 4.69) is 9.80 Å². The van der Waals surface area contributed by atoms with E-state index in [0.717, 1.165) is 52.2 Å². The average Bonchev–Trinajstić information content (AvgIpc) is 2.62. The highest BCUT2D eigenvalue weighted by atomic mass is 16.6. The highest BCUT2D eigenvalue weighted by molar-refractivity contribution is 5.73. The third-order valence-electron chi connectivity index (χ3n) is 4.89. The summed E-state index contributed by atoms with van der Waals surface area (Å²) in [6.07, 6.45) is 1.98. The van der Waals surface area contributed by atoms with Gasteiger partial charge in [0.25, 0.3) is 5.69 Å². The van der Waals surface area contributed by atoms with Crippen molar-refractivity contribution in [2.75, 3.05) is 57.1 Å². The normalized spacial score (nSPS) is 20.1. The number of nitro groups is 1. The number of nitrogens with zero attached hydrogens (tertiary/aromatic N) is 3. The van der Waals surface area contributed by atoms with Crippen molar-refractivity contribution < 1.29 is 14.4 Å². The fraction of sp³-hybridized carbons (Fsp3) is 0.625. The standard InChI is InChI=1S/C16H24N4O4/c1-23-16-11-14(15(20(21)22)10-13(16)17)19-4-2-12(3-5-19)18-6-8-24-9-7-18/h10-12H,2-9,17H2,1H3. The van der Waals surface area contributed by atoms with Crippen LogP contribution in [0.4, 0.5) is 17.1 Å². The van der Waals surface area contributed by atoms with E-state index in [1.807, 2.05) is 0 Å². The zero-order valence-electron chi connectivity index (χ0n) is 13.9. The number of morpholine rings is 1. The molecular weight excluding hydrogens is 312 g/mol. The second kappa shape index (κ2) is 7.23. The predicted molar refractivity (Wildman–Crippen MR) is 91.7 cm³/mol. The maximum absolute atomic E-state index is 11.4. The van der Waals surface area contributed by atoms with Crippen LogP contribution in [0, 0.1) is 10.1 Å². The molecule has 2 heterocycles. The zero-order valence-corrected chi connectivity index (χ0v) is 13.9. The Kier molecular flexibility index (Phi) is 5.06. The number of ether oxygens (including phenoxy) is 2. The van der Waals surface area contributed by atoms with Crippen LogP contribution in [0.1, 0.15) is 12.8 Å². The van der Waals surface area contributed by atoms with Crippen molar-refractivity contribution in [3.8, 4) is 5.75 Å². The van der Waals surface area contributed by atoms with Gasteiger partial charge in [-0.15, -0.1) is 0 Å². The van der Waals surface area contributed by atoms with Crippen molar-refractivity contribution in [2.45, 2.75) is 18.9 Å². The van der Waals surface area contributed by atoms with Crippen LogP contribution < -0.4 is 15.4 Å². The van der Waals surface area contributed by atoms with Crippen LogP contribution in [0.5, 0.6) is 5.75 Å². The molecule has 0 saturated carbocycles. The molecule has 8 heteroatoms. The van der Waals surface area contributed by atoms with Crippen LogP contribution in [-0.2, 0) is 4.74 Å². The predicted octanol–water partition coefficient (Wildman–Crippen LogP) is 1.49. The number of anilines is 2. The Morgan fingerprint density at radius 3 is 2.50 bits per heavy atom. The SMILES string of the molecule is COc1cc(N2CCC(N3CCOCC3)CC2)c([N+](=O)[O-])cc1N. The summed E-state index contributed by atoms with van der Waals surface area (Å²) in [5.74, 6) is 0.478. The van der Waals surface area contributed by atoms with Gasteiger partial charge in [0, 0.05) is 44.4 Å². The largest absolute Gasteiger partial charge is 0.495 e. The van der Waals surface area contributed by atoms with Gasteiger partial charge in [-0.05, 0) is 12.8 Å². The highest BCUT2D eigenvalue weighted by Crippen LogP contribution is 2.38. The van der Waals surface area contributed by atoms with Crippen molar-refractivity contribution in [1.82, 2.24) is 4.90 Å². The van der Waals surface area contributed by atoms with E-state index in [9.17, 15) is 10.1 Å². The summed E-state index contributed by atoms with van der Waals surface area (Å²) in [7, 11) is 1.52. The molecule has 1 aromatic rings. The van der Waals surface area contributed by atoms with Gasteiger partial charge in [0.1, 0.15) is 11.4 Å². The number of piperidine rings is 1. The van der Waals surface area contributed by atoms with Gasteiger partial charge in [-0.25, -0.2) is 0 Å². The second-order valence-corrected chi connectivity index (χ2v) is 6.21. The molecule has 3 rings (SSSR count). The molecule has 0 radical (unpaired) electrons. The van der Waals surface area contributed by atoms with Crippen LogP contribution >= 0.6 is 0 Å². The molecule has 2 N–H and O–H groups in total. The average molecular weight is 336 g/mol. The minimum Gasteiger partial charge on any atom is -0.495 e. The third kappa shape index (κ3) is 3.39. The Hall–Kier alpha value is -2.06. The van der Waals surface area contributed by atoms with E-state index in [1.165, 1.54) is 13.2 Å². The molecule has 2 aliphatic rings. The van der Waals surface area contributed by atoms with Gasteiger partial charge in [-0.2, -0.15) is 0 Å². The molecule has 2 saturated heterocycles. The van der Waals surface area contributed by atoms with E-state index < -0.39 is 0 Å². The van der Waals surface area contributed by atoms with Crippen molar-refractivity contribution in [3.05, 3.63) is 22.2 Å². The zero-order chi connectivity index (χ0) is 17.1. The van der Waals surface area contributed by atoms with Crippen molar-refractivity contribution in [3.63, 3.8) is 0 Å². The van der Waals surface area contributed by atoms with E-state index in [4.69, 9.17) is 15.2 Å². The van der Waals surface area contributed by atoms with Crippen molar-refractivity contribution in [1.29, 1.82) is 0 Å². The number of rotatable bonds is 4. The first-order valence-corrected chi connectivity index (χ1v) is 8.29. The van der Waals surface area contributed by atoms with E-state index in [-0.39, 0.29) is 16.3 Å². The number of benzene rings is 1. The Labute approximate surface area is 141 Å². The summed E-state index contributed by atoms with van der Waals surface area (Å²) in [6, 6.07) is 3.60. The van der Waals surface area contributed by atoms with Crippen LogP contribution in [-0.4, -0.2) is 62.4 Å². The summed E-state index contributed by atoms with van der Waals surface area (Å²) in [5, 5.41) is 11.4. The fourth-order valence-corrected chi connectivity index (χ4v) is 3.56. The van der Waals surface area contributed by atoms with Crippen LogP contribution in [0.2, 0.25) is 0 Å². The third-order valence-corrected chi connectivity index (χ3v) is 4.89. The molecule has 132 valence electrons. The Morgan fingerprint density at radius 2 is 1.92 bits per heavy atom. The van der Waals surface area contributed by atoms with Crippen molar-refractivity contribution >= 4 is 17.1 Å². The van der Waals surface area contributed by atoms with E-state index in [1.54, 1.807) is 6.07 Å². The maximum Gasteiger partial charge on any atom is 0.294 e. The first-order valence-electron chi connectivity index (χ1n) is 8.29. The summed E-state index contributed by atoms with van der Waals surface area (Å²) in [4.78, 5) is 15.6. The number of nitrogen functional groups attached to an aromatic ring is 1. The Balaban J connectivity index is 1.74. The number of hydrogen-bond donors (Lipinski definition) is 1. The molecule has 0 spiro atoms. The first-order chi connectivity index (χ1) is 11.6. The molecule has 24 heavy (non-hydrogen) atoms. The molecule has 0 aliphatic carbocycles. The molecule has 2 fully saturated rings. The number of methoxy groups -OCH3 is 1. The quantitative estimate of drug-likeness (QED) is 0.505. The monoisotopic (exact) mass is 336 g/mol. The number of hydrogen-bond acceptors (Lipinski definition) is 7.